The third-order valence-electron chi connectivity index (χ3n) is 3.53. The number of halogens is 1. The van der Waals surface area contributed by atoms with Gasteiger partial charge in [0.15, 0.2) is 11.5 Å². The van der Waals surface area contributed by atoms with Crippen molar-refractivity contribution in [3.05, 3.63) is 58.1 Å². The zero-order valence-corrected chi connectivity index (χ0v) is 15.5. The Labute approximate surface area is 150 Å². The standard InChI is InChI=1S/C19H20BrNO3/c1-4-13-5-8-16(15(20)11-13)21-19(22)10-7-14-6-9-17(23-2)18(12-14)24-3/h5-12H,4H2,1-3H3,(H,21,22)/b10-7+. The van der Waals surface area contributed by atoms with E-state index in [1.165, 1.54) is 11.6 Å². The number of amides is 1. The molecule has 0 fully saturated rings. The molecule has 126 valence electrons. The molecule has 2 rings (SSSR count). The van der Waals surface area contributed by atoms with Gasteiger partial charge in [-0.2, -0.15) is 0 Å². The molecule has 0 saturated carbocycles. The van der Waals surface area contributed by atoms with Gasteiger partial charge in [-0.25, -0.2) is 0 Å². The highest BCUT2D eigenvalue weighted by Crippen LogP contribution is 2.28. The first kappa shape index (κ1) is 18.1. The van der Waals surface area contributed by atoms with Crippen LogP contribution in [0.3, 0.4) is 0 Å². The predicted octanol–water partition coefficient (Wildman–Crippen LogP) is 4.68. The minimum Gasteiger partial charge on any atom is -0.493 e. The molecular formula is C19H20BrNO3. The largest absolute Gasteiger partial charge is 0.493 e. The molecule has 2 aromatic rings. The molecule has 0 aliphatic rings. The Bertz CT molecular complexity index is 756. The van der Waals surface area contributed by atoms with Crippen LogP contribution >= 0.6 is 15.9 Å². The van der Waals surface area contributed by atoms with Crippen molar-refractivity contribution >= 4 is 33.6 Å². The highest BCUT2D eigenvalue weighted by atomic mass is 79.9. The van der Waals surface area contributed by atoms with Crippen molar-refractivity contribution in [2.24, 2.45) is 0 Å². The number of rotatable bonds is 6. The Morgan fingerprint density at radius 1 is 1.12 bits per heavy atom. The first-order valence-corrected chi connectivity index (χ1v) is 8.36. The maximum Gasteiger partial charge on any atom is 0.248 e. The van der Waals surface area contributed by atoms with Gasteiger partial charge >= 0.3 is 0 Å². The third kappa shape index (κ3) is 4.61. The van der Waals surface area contributed by atoms with Gasteiger partial charge in [-0.3, -0.25) is 4.79 Å². The monoisotopic (exact) mass is 389 g/mol. The molecule has 0 aliphatic carbocycles. The first-order chi connectivity index (χ1) is 11.6. The highest BCUT2D eigenvalue weighted by Gasteiger charge is 2.05. The quantitative estimate of drug-likeness (QED) is 0.729. The van der Waals surface area contributed by atoms with Crippen molar-refractivity contribution in [3.8, 4) is 11.5 Å². The van der Waals surface area contributed by atoms with Crippen molar-refractivity contribution in [3.63, 3.8) is 0 Å². The number of benzene rings is 2. The molecule has 0 radical (unpaired) electrons. The van der Waals surface area contributed by atoms with E-state index < -0.39 is 0 Å². The summed E-state index contributed by atoms with van der Waals surface area (Å²) in [4.78, 5) is 12.1. The molecule has 5 heteroatoms. The molecule has 2 aromatic carbocycles. The second kappa shape index (κ2) is 8.55. The molecule has 4 nitrogen and oxygen atoms in total. The summed E-state index contributed by atoms with van der Waals surface area (Å²) < 4.78 is 11.3. The molecule has 0 heterocycles. The van der Waals surface area contributed by atoms with Gasteiger partial charge < -0.3 is 14.8 Å². The maximum atomic E-state index is 12.1. The SMILES string of the molecule is CCc1ccc(NC(=O)/C=C/c2ccc(OC)c(OC)c2)c(Br)c1. The number of nitrogens with one attached hydrogen (secondary N) is 1. The Hall–Kier alpha value is -2.27. The zero-order chi connectivity index (χ0) is 17.5. The summed E-state index contributed by atoms with van der Waals surface area (Å²) in [5.74, 6) is 1.08. The Kier molecular flexibility index (Phi) is 6.44. The second-order valence-corrected chi connectivity index (χ2v) is 5.96. The van der Waals surface area contributed by atoms with Gasteiger partial charge in [0.1, 0.15) is 0 Å². The average Bonchev–Trinajstić information content (AvgIpc) is 2.61. The van der Waals surface area contributed by atoms with Gasteiger partial charge in [-0.05, 0) is 63.8 Å². The topological polar surface area (TPSA) is 47.6 Å². The fourth-order valence-corrected chi connectivity index (χ4v) is 2.71. The van der Waals surface area contributed by atoms with Crippen molar-refractivity contribution in [1.29, 1.82) is 0 Å². The third-order valence-corrected chi connectivity index (χ3v) is 4.19. The normalized spacial score (nSPS) is 10.7. The number of anilines is 1. The van der Waals surface area contributed by atoms with Crippen LogP contribution in [0.25, 0.3) is 6.08 Å². The second-order valence-electron chi connectivity index (χ2n) is 5.10. The van der Waals surface area contributed by atoms with Crippen LogP contribution in [0.1, 0.15) is 18.1 Å². The number of hydrogen-bond donors (Lipinski definition) is 1. The minimum absolute atomic E-state index is 0.199. The summed E-state index contributed by atoms with van der Waals surface area (Å²) in [6, 6.07) is 11.4. The van der Waals surface area contributed by atoms with Gasteiger partial charge in [0.25, 0.3) is 0 Å². The fraction of sp³-hybridized carbons (Fsp3) is 0.211. The van der Waals surface area contributed by atoms with Gasteiger partial charge in [0.2, 0.25) is 5.91 Å². The maximum absolute atomic E-state index is 12.1. The molecule has 0 aliphatic heterocycles. The number of aryl methyl sites for hydroxylation is 1. The molecule has 0 saturated heterocycles. The lowest BCUT2D eigenvalue weighted by atomic mass is 10.1. The predicted molar refractivity (Wildman–Crippen MR) is 101 cm³/mol. The van der Waals surface area contributed by atoms with E-state index in [1.807, 2.05) is 30.3 Å². The molecule has 1 amide bonds. The van der Waals surface area contributed by atoms with E-state index in [4.69, 9.17) is 9.47 Å². The average molecular weight is 390 g/mol. The molecule has 1 N–H and O–H groups in total. The van der Waals surface area contributed by atoms with Gasteiger partial charge in [0.05, 0.1) is 19.9 Å². The van der Waals surface area contributed by atoms with E-state index in [1.54, 1.807) is 26.4 Å². The summed E-state index contributed by atoms with van der Waals surface area (Å²) in [7, 11) is 3.16. The van der Waals surface area contributed by atoms with Crippen LogP contribution in [0.5, 0.6) is 11.5 Å². The highest BCUT2D eigenvalue weighted by molar-refractivity contribution is 9.10. The number of carbonyl (C=O) groups excluding carboxylic acids is 1. The number of carbonyl (C=O) groups is 1. The van der Waals surface area contributed by atoms with Crippen molar-refractivity contribution in [2.45, 2.75) is 13.3 Å². The fourth-order valence-electron chi connectivity index (χ4n) is 2.18. The van der Waals surface area contributed by atoms with E-state index in [0.29, 0.717) is 11.5 Å². The lowest BCUT2D eigenvalue weighted by Gasteiger charge is -2.08. The summed E-state index contributed by atoms with van der Waals surface area (Å²) in [5.41, 5.74) is 2.80. The van der Waals surface area contributed by atoms with Gasteiger partial charge in [-0.1, -0.05) is 19.1 Å². The summed E-state index contributed by atoms with van der Waals surface area (Å²) in [5, 5.41) is 2.85. The van der Waals surface area contributed by atoms with E-state index in [2.05, 4.69) is 28.2 Å². The van der Waals surface area contributed by atoms with Crippen LogP contribution < -0.4 is 14.8 Å². The van der Waals surface area contributed by atoms with E-state index in [-0.39, 0.29) is 5.91 Å². The van der Waals surface area contributed by atoms with Crippen LogP contribution in [-0.2, 0) is 11.2 Å². The molecule has 0 unspecified atom stereocenters. The van der Waals surface area contributed by atoms with Crippen LogP contribution in [0.15, 0.2) is 46.9 Å². The van der Waals surface area contributed by atoms with Gasteiger partial charge in [-0.15, -0.1) is 0 Å². The Balaban J connectivity index is 2.08. The van der Waals surface area contributed by atoms with E-state index in [9.17, 15) is 4.79 Å². The van der Waals surface area contributed by atoms with E-state index in [0.717, 1.165) is 22.1 Å². The van der Waals surface area contributed by atoms with Crippen molar-refractivity contribution in [2.75, 3.05) is 19.5 Å². The molecule has 0 bridgehead atoms. The van der Waals surface area contributed by atoms with Crippen molar-refractivity contribution in [1.82, 2.24) is 0 Å². The van der Waals surface area contributed by atoms with Crippen LogP contribution in [-0.4, -0.2) is 20.1 Å². The number of ether oxygens (including phenoxy) is 2. The Morgan fingerprint density at radius 2 is 1.88 bits per heavy atom. The molecular weight excluding hydrogens is 370 g/mol. The summed E-state index contributed by atoms with van der Waals surface area (Å²) in [6.45, 7) is 2.09. The van der Waals surface area contributed by atoms with Gasteiger partial charge in [0, 0.05) is 10.5 Å². The molecule has 0 aromatic heterocycles. The summed E-state index contributed by atoms with van der Waals surface area (Å²) in [6.07, 6.45) is 4.17. The van der Waals surface area contributed by atoms with Crippen LogP contribution in [0, 0.1) is 0 Å². The molecule has 0 spiro atoms. The first-order valence-electron chi connectivity index (χ1n) is 7.57. The molecule has 24 heavy (non-hydrogen) atoms. The van der Waals surface area contributed by atoms with E-state index >= 15 is 0 Å². The lowest BCUT2D eigenvalue weighted by molar-refractivity contribution is -0.111. The van der Waals surface area contributed by atoms with Crippen molar-refractivity contribution < 1.29 is 14.3 Å². The zero-order valence-electron chi connectivity index (χ0n) is 13.9. The Morgan fingerprint density at radius 3 is 2.50 bits per heavy atom. The lowest BCUT2D eigenvalue weighted by Crippen LogP contribution is -2.08. The van der Waals surface area contributed by atoms with Crippen LogP contribution in [0.2, 0.25) is 0 Å². The van der Waals surface area contributed by atoms with Crippen LogP contribution in [0.4, 0.5) is 5.69 Å². The number of methoxy groups -OCH3 is 2. The minimum atomic E-state index is -0.199. The molecule has 0 atom stereocenters. The smallest absolute Gasteiger partial charge is 0.248 e. The number of hydrogen-bond acceptors (Lipinski definition) is 3. The summed E-state index contributed by atoms with van der Waals surface area (Å²) >= 11 is 3.48.